The van der Waals surface area contributed by atoms with E-state index < -0.39 is 29.2 Å². The number of hydrogen-bond donors (Lipinski definition) is 1. The zero-order valence-electron chi connectivity index (χ0n) is 16.3. The van der Waals surface area contributed by atoms with Crippen molar-refractivity contribution in [1.29, 1.82) is 0 Å². The van der Waals surface area contributed by atoms with E-state index in [1.54, 1.807) is 12.1 Å². The fraction of sp³-hybridized carbons (Fsp3) is 0.333. The van der Waals surface area contributed by atoms with E-state index in [9.17, 15) is 22.0 Å². The van der Waals surface area contributed by atoms with E-state index in [1.165, 1.54) is 24.5 Å². The number of hydrogen-bond acceptors (Lipinski definition) is 4. The number of aromatic nitrogens is 3. The summed E-state index contributed by atoms with van der Waals surface area (Å²) in [7, 11) is 0. The number of pyridine rings is 1. The molecule has 0 radical (unpaired) electrons. The van der Waals surface area contributed by atoms with Crippen LogP contribution in [0.25, 0.3) is 5.82 Å². The highest BCUT2D eigenvalue weighted by Crippen LogP contribution is 2.45. The van der Waals surface area contributed by atoms with Crippen molar-refractivity contribution in [3.8, 4) is 5.82 Å². The van der Waals surface area contributed by atoms with Gasteiger partial charge in [-0.15, -0.1) is 0 Å². The molecular formula is C21H18F5N5. The molecule has 0 unspecified atom stereocenters. The van der Waals surface area contributed by atoms with Gasteiger partial charge < -0.3 is 5.32 Å². The minimum Gasteiger partial charge on any atom is -0.371 e. The zero-order valence-corrected chi connectivity index (χ0v) is 16.3. The third-order valence-corrected chi connectivity index (χ3v) is 6.00. The number of alkyl halides is 3. The van der Waals surface area contributed by atoms with Crippen molar-refractivity contribution in [1.82, 2.24) is 19.4 Å². The van der Waals surface area contributed by atoms with E-state index in [2.05, 4.69) is 15.3 Å². The molecule has 0 saturated carbocycles. The number of rotatable bonds is 2. The summed E-state index contributed by atoms with van der Waals surface area (Å²) in [5.41, 5.74) is 0.563. The Morgan fingerprint density at radius 3 is 2.55 bits per heavy atom. The van der Waals surface area contributed by atoms with Crippen LogP contribution in [0.4, 0.5) is 27.6 Å². The number of fused-ring (bicyclic) bond motifs is 4. The Morgan fingerprint density at radius 2 is 1.84 bits per heavy atom. The summed E-state index contributed by atoms with van der Waals surface area (Å²) in [6, 6.07) is 6.85. The fourth-order valence-corrected chi connectivity index (χ4v) is 4.46. The molecule has 10 heteroatoms. The molecule has 2 aromatic heterocycles. The fourth-order valence-electron chi connectivity index (χ4n) is 4.46. The molecule has 2 aliphatic rings. The molecule has 162 valence electrons. The summed E-state index contributed by atoms with van der Waals surface area (Å²) in [6.07, 6.45) is -0.919. The van der Waals surface area contributed by atoms with Crippen LogP contribution in [0.1, 0.15) is 29.9 Å². The lowest BCUT2D eigenvalue weighted by Gasteiger charge is -2.45. The monoisotopic (exact) mass is 435 g/mol. The summed E-state index contributed by atoms with van der Waals surface area (Å²) < 4.78 is 69.2. The van der Waals surface area contributed by atoms with Crippen LogP contribution in [0.2, 0.25) is 0 Å². The number of anilines is 1. The average molecular weight is 435 g/mol. The SMILES string of the molecule is Fc1ccc(CN2CCC3(CC2)Nc2cccnc2-n2c3cnc2C(F)(F)F)c(F)c1. The van der Waals surface area contributed by atoms with E-state index in [4.69, 9.17) is 0 Å². The molecule has 5 nitrogen and oxygen atoms in total. The Hall–Kier alpha value is -3.01. The van der Waals surface area contributed by atoms with Crippen LogP contribution in [-0.2, 0) is 18.3 Å². The van der Waals surface area contributed by atoms with Crippen LogP contribution < -0.4 is 5.32 Å². The average Bonchev–Trinajstić information content (AvgIpc) is 3.19. The number of piperidine rings is 1. The van der Waals surface area contributed by atoms with Crippen LogP contribution in [0.5, 0.6) is 0 Å². The van der Waals surface area contributed by atoms with E-state index in [1.807, 2.05) is 4.90 Å². The molecule has 1 N–H and O–H groups in total. The van der Waals surface area contributed by atoms with E-state index in [-0.39, 0.29) is 5.82 Å². The Bertz CT molecular complexity index is 1130. The second-order valence-corrected chi connectivity index (χ2v) is 7.89. The molecule has 2 aliphatic heterocycles. The predicted molar refractivity (Wildman–Crippen MR) is 103 cm³/mol. The van der Waals surface area contributed by atoms with Crippen molar-refractivity contribution in [3.63, 3.8) is 0 Å². The standard InChI is InChI=1S/C21H18F5N5/c22-14-4-3-13(15(23)10-14)12-30-8-5-20(6-9-30)17-11-28-19(21(24,25)26)31(17)18-16(29-20)2-1-7-27-18/h1-4,7,10-11,29H,5-6,8-9,12H2. The molecule has 0 atom stereocenters. The maximum absolute atomic E-state index is 14.0. The third kappa shape index (κ3) is 3.34. The molecule has 1 fully saturated rings. The summed E-state index contributed by atoms with van der Waals surface area (Å²) in [5, 5.41) is 3.40. The normalized spacial score (nSPS) is 17.8. The van der Waals surface area contributed by atoms with Crippen LogP contribution >= 0.6 is 0 Å². The molecule has 4 heterocycles. The lowest BCUT2D eigenvalue weighted by Crippen LogP contribution is -2.49. The molecule has 0 aliphatic carbocycles. The largest absolute Gasteiger partial charge is 0.450 e. The van der Waals surface area contributed by atoms with Gasteiger partial charge in [-0.2, -0.15) is 13.2 Å². The Balaban J connectivity index is 1.45. The highest BCUT2D eigenvalue weighted by Gasteiger charge is 2.47. The number of nitrogens with zero attached hydrogens (tertiary/aromatic N) is 4. The van der Waals surface area contributed by atoms with Crippen LogP contribution in [0, 0.1) is 11.6 Å². The van der Waals surface area contributed by atoms with Gasteiger partial charge in [0.05, 0.1) is 23.1 Å². The first-order valence-electron chi connectivity index (χ1n) is 9.82. The molecule has 31 heavy (non-hydrogen) atoms. The van der Waals surface area contributed by atoms with Gasteiger partial charge in [0.15, 0.2) is 5.82 Å². The number of nitrogens with one attached hydrogen (secondary N) is 1. The minimum atomic E-state index is -4.62. The maximum atomic E-state index is 14.0. The van der Waals surface area contributed by atoms with Gasteiger partial charge in [0.1, 0.15) is 11.6 Å². The van der Waals surface area contributed by atoms with Gasteiger partial charge in [-0.05, 0) is 31.0 Å². The number of halogens is 5. The minimum absolute atomic E-state index is 0.170. The molecule has 0 bridgehead atoms. The smallest absolute Gasteiger partial charge is 0.371 e. The van der Waals surface area contributed by atoms with Crippen LogP contribution in [0.15, 0.2) is 42.7 Å². The van der Waals surface area contributed by atoms with Crippen molar-refractivity contribution in [2.75, 3.05) is 18.4 Å². The number of imidazole rings is 1. The second-order valence-electron chi connectivity index (χ2n) is 7.89. The summed E-state index contributed by atoms with van der Waals surface area (Å²) in [4.78, 5) is 9.84. The van der Waals surface area contributed by atoms with Gasteiger partial charge in [0, 0.05) is 37.5 Å². The molecular weight excluding hydrogens is 417 g/mol. The predicted octanol–water partition coefficient (Wildman–Crippen LogP) is 4.48. The Morgan fingerprint density at radius 1 is 1.06 bits per heavy atom. The molecule has 5 rings (SSSR count). The topological polar surface area (TPSA) is 46.0 Å². The van der Waals surface area contributed by atoms with Crippen molar-refractivity contribution in [3.05, 3.63) is 71.4 Å². The third-order valence-electron chi connectivity index (χ3n) is 6.00. The molecule has 1 aromatic carbocycles. The summed E-state index contributed by atoms with van der Waals surface area (Å²) >= 11 is 0. The quantitative estimate of drug-likeness (QED) is 0.603. The van der Waals surface area contributed by atoms with Gasteiger partial charge in [-0.3, -0.25) is 9.47 Å². The summed E-state index contributed by atoms with van der Waals surface area (Å²) in [6.45, 7) is 1.34. The van der Waals surface area contributed by atoms with Gasteiger partial charge >= 0.3 is 6.18 Å². The van der Waals surface area contributed by atoms with E-state index in [0.717, 1.165) is 10.6 Å². The van der Waals surface area contributed by atoms with E-state index >= 15 is 0 Å². The van der Waals surface area contributed by atoms with Crippen molar-refractivity contribution in [2.24, 2.45) is 0 Å². The first-order valence-corrected chi connectivity index (χ1v) is 9.82. The maximum Gasteiger partial charge on any atom is 0.450 e. The van der Waals surface area contributed by atoms with Crippen molar-refractivity contribution < 1.29 is 22.0 Å². The molecule has 3 aromatic rings. The van der Waals surface area contributed by atoms with Crippen molar-refractivity contribution in [2.45, 2.75) is 31.1 Å². The lowest BCUT2D eigenvalue weighted by molar-refractivity contribution is -0.146. The highest BCUT2D eigenvalue weighted by molar-refractivity contribution is 5.63. The highest BCUT2D eigenvalue weighted by atomic mass is 19.4. The first-order chi connectivity index (χ1) is 14.8. The molecule has 0 amide bonds. The van der Waals surface area contributed by atoms with Crippen molar-refractivity contribution >= 4 is 5.69 Å². The van der Waals surface area contributed by atoms with E-state index in [0.29, 0.717) is 49.4 Å². The molecule has 1 saturated heterocycles. The van der Waals surface area contributed by atoms with Gasteiger partial charge in [-0.25, -0.2) is 18.7 Å². The first kappa shape index (κ1) is 19.9. The molecule has 1 spiro atoms. The van der Waals surface area contributed by atoms with Crippen LogP contribution in [-0.4, -0.2) is 32.5 Å². The van der Waals surface area contributed by atoms with Crippen LogP contribution in [0.3, 0.4) is 0 Å². The Labute approximate surface area is 174 Å². The number of likely N-dealkylation sites (tertiary alicyclic amines) is 1. The van der Waals surface area contributed by atoms with Gasteiger partial charge in [0.25, 0.3) is 0 Å². The lowest BCUT2D eigenvalue weighted by atomic mass is 9.82. The Kier molecular flexibility index (Phi) is 4.51. The second kappa shape index (κ2) is 7.01. The number of benzene rings is 1. The van der Waals surface area contributed by atoms with Gasteiger partial charge in [0.2, 0.25) is 5.82 Å². The zero-order chi connectivity index (χ0) is 21.8. The summed E-state index contributed by atoms with van der Waals surface area (Å²) in [5.74, 6) is -2.07. The van der Waals surface area contributed by atoms with Gasteiger partial charge in [-0.1, -0.05) is 6.07 Å².